The molecular weight excluding hydrogens is 383 g/mol. The smallest absolute Gasteiger partial charge is 0.338 e. The predicted octanol–water partition coefficient (Wildman–Crippen LogP) is 3.78. The first kappa shape index (κ1) is 19.1. The number of fused-ring (bicyclic) bond motifs is 3. The van der Waals surface area contributed by atoms with Gasteiger partial charge in [-0.3, -0.25) is 4.79 Å². The molecule has 0 amide bonds. The number of anilines is 1. The molecule has 0 unspecified atom stereocenters. The fourth-order valence-corrected chi connectivity index (χ4v) is 5.03. The van der Waals surface area contributed by atoms with Gasteiger partial charge in [0.25, 0.3) is 0 Å². The summed E-state index contributed by atoms with van der Waals surface area (Å²) in [5, 5.41) is 0.740. The van der Waals surface area contributed by atoms with E-state index in [1.807, 2.05) is 20.8 Å². The van der Waals surface area contributed by atoms with Crippen molar-refractivity contribution in [1.29, 1.82) is 0 Å². The molecule has 1 aromatic carbocycles. The normalized spacial score (nSPS) is 24.0. The summed E-state index contributed by atoms with van der Waals surface area (Å²) in [6.07, 6.45) is 1.64. The van der Waals surface area contributed by atoms with Crippen molar-refractivity contribution in [1.82, 2.24) is 4.98 Å². The van der Waals surface area contributed by atoms with E-state index in [0.29, 0.717) is 4.70 Å². The summed E-state index contributed by atoms with van der Waals surface area (Å²) in [4.78, 5) is 30.6. The zero-order chi connectivity index (χ0) is 20.2. The lowest BCUT2D eigenvalue weighted by Gasteiger charge is -2.32. The molecule has 1 saturated carbocycles. The summed E-state index contributed by atoms with van der Waals surface area (Å²) >= 11 is 1.37. The van der Waals surface area contributed by atoms with Gasteiger partial charge in [0.1, 0.15) is 11.6 Å². The maximum atomic E-state index is 14.4. The van der Waals surface area contributed by atoms with E-state index in [2.05, 4.69) is 14.6 Å². The monoisotopic (exact) mass is 406 g/mol. The van der Waals surface area contributed by atoms with Crippen molar-refractivity contribution in [2.45, 2.75) is 45.8 Å². The third-order valence-electron chi connectivity index (χ3n) is 5.45. The molecule has 28 heavy (non-hydrogen) atoms. The number of hydrogen-bond donors (Lipinski definition) is 0. The minimum Gasteiger partial charge on any atom is -0.465 e. The molecule has 3 atom stereocenters. The Kier molecular flexibility index (Phi) is 4.56. The summed E-state index contributed by atoms with van der Waals surface area (Å²) in [6.45, 7) is 6.30. The van der Waals surface area contributed by atoms with Gasteiger partial charge < -0.3 is 14.4 Å². The van der Waals surface area contributed by atoms with Crippen LogP contribution in [0.1, 0.15) is 44.0 Å². The van der Waals surface area contributed by atoms with Crippen LogP contribution in [0.2, 0.25) is 0 Å². The molecule has 1 aromatic heterocycles. The number of halogens is 1. The Balaban J connectivity index is 1.53. The van der Waals surface area contributed by atoms with Crippen LogP contribution >= 0.6 is 11.3 Å². The van der Waals surface area contributed by atoms with Crippen molar-refractivity contribution in [3.63, 3.8) is 0 Å². The zero-order valence-corrected chi connectivity index (χ0v) is 17.1. The third-order valence-corrected chi connectivity index (χ3v) is 6.49. The van der Waals surface area contributed by atoms with Crippen LogP contribution in [0.5, 0.6) is 0 Å². The highest BCUT2D eigenvalue weighted by atomic mass is 32.1. The van der Waals surface area contributed by atoms with Crippen LogP contribution in [-0.4, -0.2) is 42.7 Å². The summed E-state index contributed by atoms with van der Waals surface area (Å²) in [5.41, 5.74) is -0.0606. The molecule has 2 aromatic rings. The lowest BCUT2D eigenvalue weighted by Crippen LogP contribution is -2.40. The number of piperidine rings is 1. The molecule has 0 N–H and O–H groups in total. The number of aromatic nitrogens is 1. The summed E-state index contributed by atoms with van der Waals surface area (Å²) < 4.78 is 25.4. The summed E-state index contributed by atoms with van der Waals surface area (Å²) in [7, 11) is 1.27. The SMILES string of the molecule is COC(=O)c1cc(F)c2nc(N3C[C@@H]4C[C@H]3C[C@H]4OC(=O)C(C)(C)C)sc2c1. The Morgan fingerprint density at radius 3 is 2.64 bits per heavy atom. The van der Waals surface area contributed by atoms with E-state index >= 15 is 0 Å². The van der Waals surface area contributed by atoms with Crippen LogP contribution in [0.4, 0.5) is 9.52 Å². The number of rotatable bonds is 3. The van der Waals surface area contributed by atoms with E-state index in [1.54, 1.807) is 6.07 Å². The van der Waals surface area contributed by atoms with Gasteiger partial charge >= 0.3 is 11.9 Å². The molecule has 6 nitrogen and oxygen atoms in total. The quantitative estimate of drug-likeness (QED) is 0.723. The third kappa shape index (κ3) is 3.23. The van der Waals surface area contributed by atoms with Crippen LogP contribution in [0.3, 0.4) is 0 Å². The van der Waals surface area contributed by atoms with Gasteiger partial charge in [0.2, 0.25) is 0 Å². The van der Waals surface area contributed by atoms with E-state index in [1.165, 1.54) is 18.4 Å². The van der Waals surface area contributed by atoms with Crippen LogP contribution < -0.4 is 4.90 Å². The number of carbonyl (C=O) groups excluding carboxylic acids is 2. The summed E-state index contributed by atoms with van der Waals surface area (Å²) in [6, 6.07) is 3.01. The minimum absolute atomic E-state index is 0.0648. The number of nitrogens with zero attached hydrogens (tertiary/aromatic N) is 2. The molecule has 4 rings (SSSR count). The Morgan fingerprint density at radius 2 is 2.04 bits per heavy atom. The number of methoxy groups -OCH3 is 1. The molecule has 1 aliphatic carbocycles. The Bertz CT molecular complexity index is 952. The van der Waals surface area contributed by atoms with Crippen molar-refractivity contribution in [2.24, 2.45) is 11.3 Å². The summed E-state index contributed by atoms with van der Waals surface area (Å²) in [5.74, 6) is -1.01. The minimum atomic E-state index is -0.570. The topological polar surface area (TPSA) is 68.7 Å². The van der Waals surface area contributed by atoms with Crippen molar-refractivity contribution in [2.75, 3.05) is 18.6 Å². The van der Waals surface area contributed by atoms with Crippen LogP contribution in [0.25, 0.3) is 10.2 Å². The van der Waals surface area contributed by atoms with E-state index in [-0.39, 0.29) is 35.1 Å². The van der Waals surface area contributed by atoms with Gasteiger partial charge in [0.15, 0.2) is 10.9 Å². The molecule has 2 heterocycles. The first-order valence-electron chi connectivity index (χ1n) is 9.33. The fraction of sp³-hybridized carbons (Fsp3) is 0.550. The molecule has 8 heteroatoms. The number of esters is 2. The molecule has 0 spiro atoms. The molecule has 2 aliphatic rings. The van der Waals surface area contributed by atoms with E-state index < -0.39 is 17.2 Å². The van der Waals surface area contributed by atoms with Crippen LogP contribution in [-0.2, 0) is 14.3 Å². The highest BCUT2D eigenvalue weighted by Gasteiger charge is 2.48. The van der Waals surface area contributed by atoms with E-state index in [4.69, 9.17) is 4.74 Å². The molecule has 2 bridgehead atoms. The standard InChI is InChI=1S/C20H23FN2O4S/c1-20(2,3)18(25)27-14-8-12-5-11(14)9-23(12)19-22-16-13(21)6-10(17(24)26-4)7-15(16)28-19/h6-7,11-12,14H,5,8-9H2,1-4H3/t11-,12-,14+/m0/s1. The second-order valence-electron chi connectivity index (χ2n) is 8.52. The molecule has 0 radical (unpaired) electrons. The second kappa shape index (κ2) is 6.69. The molecular formula is C20H23FN2O4S. The number of hydrogen-bond acceptors (Lipinski definition) is 7. The first-order valence-corrected chi connectivity index (χ1v) is 10.1. The van der Waals surface area contributed by atoms with Crippen molar-refractivity contribution in [3.8, 4) is 0 Å². The predicted molar refractivity (Wildman–Crippen MR) is 104 cm³/mol. The largest absolute Gasteiger partial charge is 0.465 e. The average molecular weight is 406 g/mol. The maximum absolute atomic E-state index is 14.4. The fourth-order valence-electron chi connectivity index (χ4n) is 3.93. The van der Waals surface area contributed by atoms with E-state index in [9.17, 15) is 14.0 Å². The van der Waals surface area contributed by atoms with Gasteiger partial charge in [-0.25, -0.2) is 14.2 Å². The second-order valence-corrected chi connectivity index (χ2v) is 9.53. The van der Waals surface area contributed by atoms with Crippen molar-refractivity contribution >= 4 is 38.6 Å². The molecule has 1 aliphatic heterocycles. The first-order chi connectivity index (χ1) is 13.2. The Labute approximate surface area is 166 Å². The lowest BCUT2D eigenvalue weighted by atomic mass is 9.97. The Hall–Kier alpha value is -2.22. The zero-order valence-electron chi connectivity index (χ0n) is 16.3. The van der Waals surface area contributed by atoms with Crippen LogP contribution in [0, 0.1) is 17.2 Å². The van der Waals surface area contributed by atoms with Gasteiger partial charge in [-0.1, -0.05) is 11.3 Å². The maximum Gasteiger partial charge on any atom is 0.338 e. The van der Waals surface area contributed by atoms with Gasteiger partial charge in [0, 0.05) is 24.9 Å². The highest BCUT2D eigenvalue weighted by Crippen LogP contribution is 2.44. The van der Waals surface area contributed by atoms with Gasteiger partial charge in [-0.2, -0.15) is 0 Å². The average Bonchev–Trinajstić information content (AvgIpc) is 3.33. The highest BCUT2D eigenvalue weighted by molar-refractivity contribution is 7.22. The Morgan fingerprint density at radius 1 is 1.29 bits per heavy atom. The number of carbonyl (C=O) groups is 2. The molecule has 150 valence electrons. The number of thiazole rings is 1. The van der Waals surface area contributed by atoms with Gasteiger partial charge in [-0.05, 0) is 39.3 Å². The lowest BCUT2D eigenvalue weighted by molar-refractivity contribution is -0.160. The molecule has 1 saturated heterocycles. The van der Waals surface area contributed by atoms with Crippen molar-refractivity contribution in [3.05, 3.63) is 23.5 Å². The van der Waals surface area contributed by atoms with Gasteiger partial charge in [0.05, 0.1) is 22.8 Å². The molecule has 2 fully saturated rings. The number of ether oxygens (including phenoxy) is 2. The number of benzene rings is 1. The van der Waals surface area contributed by atoms with E-state index in [0.717, 1.165) is 30.6 Å². The van der Waals surface area contributed by atoms with Crippen molar-refractivity contribution < 1.29 is 23.5 Å². The van der Waals surface area contributed by atoms with Crippen LogP contribution in [0.15, 0.2) is 12.1 Å². The van der Waals surface area contributed by atoms with Gasteiger partial charge in [-0.15, -0.1) is 0 Å².